The first kappa shape index (κ1) is 19.3. The van der Waals surface area contributed by atoms with Gasteiger partial charge in [0.25, 0.3) is 5.91 Å². The van der Waals surface area contributed by atoms with Crippen molar-refractivity contribution in [1.82, 2.24) is 5.32 Å². The highest BCUT2D eigenvalue weighted by molar-refractivity contribution is 5.94. The Hall–Kier alpha value is -3.44. The lowest BCUT2D eigenvalue weighted by Gasteiger charge is -2.17. The molecule has 3 aromatic rings. The summed E-state index contributed by atoms with van der Waals surface area (Å²) in [5.74, 6) is 0.0276. The summed E-state index contributed by atoms with van der Waals surface area (Å²) in [6.45, 7) is 3.71. The number of nitrogens with two attached hydrogens (primary N) is 1. The van der Waals surface area contributed by atoms with Crippen molar-refractivity contribution >= 4 is 11.6 Å². The number of hydrogen-bond donors (Lipinski definition) is 2. The first-order chi connectivity index (χ1) is 15.5. The molecule has 2 atom stereocenters. The fourth-order valence-electron chi connectivity index (χ4n) is 4.84. The Morgan fingerprint density at radius 3 is 2.38 bits per heavy atom. The second kappa shape index (κ2) is 7.04. The van der Waals surface area contributed by atoms with Gasteiger partial charge in [-0.3, -0.25) is 4.79 Å². The molecule has 0 spiro atoms. The van der Waals surface area contributed by atoms with Crippen LogP contribution in [0.4, 0.5) is 4.39 Å². The van der Waals surface area contributed by atoms with Gasteiger partial charge in [0.1, 0.15) is 18.0 Å². The van der Waals surface area contributed by atoms with E-state index in [0.29, 0.717) is 28.3 Å². The molecule has 1 fully saturated rings. The van der Waals surface area contributed by atoms with E-state index in [1.807, 2.05) is 18.2 Å². The van der Waals surface area contributed by atoms with Crippen molar-refractivity contribution in [3.63, 3.8) is 0 Å². The molecule has 160 valence electrons. The van der Waals surface area contributed by atoms with Crippen molar-refractivity contribution in [2.24, 2.45) is 5.73 Å². The highest BCUT2D eigenvalue weighted by atomic mass is 19.1. The number of hydrogen-bond acceptors (Lipinski definition) is 3. The number of amides is 1. The van der Waals surface area contributed by atoms with Crippen LogP contribution in [0.3, 0.4) is 0 Å². The second-order valence-corrected chi connectivity index (χ2v) is 8.92. The molecule has 3 aliphatic rings. The molecule has 0 saturated heterocycles. The molecule has 2 heterocycles. The van der Waals surface area contributed by atoms with Crippen LogP contribution in [0.1, 0.15) is 80.3 Å². The maximum Gasteiger partial charge on any atom is 0.251 e. The first-order valence-corrected chi connectivity index (χ1v) is 10.9. The number of benzene rings is 3. The topological polar surface area (TPSA) is 64.3 Å². The molecule has 6 rings (SSSR count). The van der Waals surface area contributed by atoms with Crippen LogP contribution in [-0.4, -0.2) is 5.91 Å². The molecule has 0 aromatic heterocycles. The number of halogens is 1. The van der Waals surface area contributed by atoms with Gasteiger partial charge in [0.15, 0.2) is 0 Å². The van der Waals surface area contributed by atoms with Gasteiger partial charge in [0, 0.05) is 23.4 Å². The van der Waals surface area contributed by atoms with Gasteiger partial charge in [0.05, 0.1) is 0 Å². The molecule has 3 N–H and O–H groups in total. The van der Waals surface area contributed by atoms with Crippen LogP contribution < -0.4 is 11.1 Å². The Bertz CT molecular complexity index is 1290. The molecule has 1 aliphatic carbocycles. The second-order valence-electron chi connectivity index (χ2n) is 8.92. The summed E-state index contributed by atoms with van der Waals surface area (Å²) in [5, 5.41) is 2.82. The highest BCUT2D eigenvalue weighted by Gasteiger charge is 2.43. The normalized spacial score (nSPS) is 20.0. The SMILES string of the molecule is C=C(N)c1ccc(CNC(=O)c2ccc3c(c2)[C@@H]2O[C@H]3c3ccc(C4CC4)cc32)c(F)c1. The average molecular weight is 426 g/mol. The Balaban J connectivity index is 1.21. The molecular weight excluding hydrogens is 403 g/mol. The van der Waals surface area contributed by atoms with Crippen molar-refractivity contribution in [3.8, 4) is 0 Å². The lowest BCUT2D eigenvalue weighted by atomic mass is 9.84. The predicted octanol–water partition coefficient (Wildman–Crippen LogP) is 5.08. The van der Waals surface area contributed by atoms with Crippen molar-refractivity contribution in [2.45, 2.75) is 37.5 Å². The van der Waals surface area contributed by atoms with Crippen LogP contribution in [0.5, 0.6) is 0 Å². The minimum Gasteiger partial charge on any atom is -0.399 e. The van der Waals surface area contributed by atoms with Crippen LogP contribution in [0.25, 0.3) is 5.70 Å². The lowest BCUT2D eigenvalue weighted by molar-refractivity contribution is 0.0857. The van der Waals surface area contributed by atoms with Crippen molar-refractivity contribution in [2.75, 3.05) is 0 Å². The van der Waals surface area contributed by atoms with Gasteiger partial charge in [-0.05, 0) is 70.3 Å². The number of fused-ring (bicyclic) bond motifs is 8. The zero-order valence-electron chi connectivity index (χ0n) is 17.5. The summed E-state index contributed by atoms with van der Waals surface area (Å²) in [6.07, 6.45) is 2.35. The largest absolute Gasteiger partial charge is 0.399 e. The zero-order chi connectivity index (χ0) is 22.0. The van der Waals surface area contributed by atoms with E-state index >= 15 is 0 Å². The van der Waals surface area contributed by atoms with E-state index in [-0.39, 0.29) is 24.7 Å². The minimum absolute atomic E-state index is 0.0553. The molecular formula is C27H23FN2O2. The number of carbonyl (C=O) groups excluding carboxylic acids is 1. The van der Waals surface area contributed by atoms with Crippen molar-refractivity contribution in [3.05, 3.63) is 112 Å². The summed E-state index contributed by atoms with van der Waals surface area (Å²) in [7, 11) is 0. The fourth-order valence-corrected chi connectivity index (χ4v) is 4.84. The first-order valence-electron chi connectivity index (χ1n) is 10.9. The number of carbonyl (C=O) groups is 1. The van der Waals surface area contributed by atoms with Gasteiger partial charge in [-0.2, -0.15) is 0 Å². The molecule has 5 heteroatoms. The molecule has 2 aliphatic heterocycles. The van der Waals surface area contributed by atoms with Gasteiger partial charge < -0.3 is 15.8 Å². The number of ether oxygens (including phenoxy) is 1. The smallest absolute Gasteiger partial charge is 0.251 e. The lowest BCUT2D eigenvalue weighted by Crippen LogP contribution is -2.23. The Morgan fingerprint density at radius 2 is 1.66 bits per heavy atom. The average Bonchev–Trinajstić information content (AvgIpc) is 3.50. The van der Waals surface area contributed by atoms with Crippen molar-refractivity contribution in [1.29, 1.82) is 0 Å². The molecule has 32 heavy (non-hydrogen) atoms. The molecule has 2 bridgehead atoms. The third kappa shape index (κ3) is 3.04. The Morgan fingerprint density at radius 1 is 0.969 bits per heavy atom. The van der Waals surface area contributed by atoms with Crippen molar-refractivity contribution < 1.29 is 13.9 Å². The summed E-state index contributed by atoms with van der Waals surface area (Å²) >= 11 is 0. The number of rotatable bonds is 5. The van der Waals surface area contributed by atoms with Crippen LogP contribution in [-0.2, 0) is 11.3 Å². The highest BCUT2D eigenvalue weighted by Crippen LogP contribution is 2.55. The third-order valence-electron chi connectivity index (χ3n) is 6.77. The van der Waals surface area contributed by atoms with E-state index < -0.39 is 5.82 Å². The van der Waals surface area contributed by atoms with E-state index in [1.165, 1.54) is 35.6 Å². The zero-order valence-corrected chi connectivity index (χ0v) is 17.5. The van der Waals surface area contributed by atoms with Crippen LogP contribution in [0.15, 0.2) is 61.2 Å². The minimum atomic E-state index is -0.419. The fraction of sp³-hybridized carbons (Fsp3) is 0.222. The van der Waals surface area contributed by atoms with Gasteiger partial charge in [0.2, 0.25) is 0 Å². The van der Waals surface area contributed by atoms with E-state index in [2.05, 4.69) is 30.1 Å². The predicted molar refractivity (Wildman–Crippen MR) is 120 cm³/mol. The van der Waals surface area contributed by atoms with E-state index in [9.17, 15) is 9.18 Å². The van der Waals surface area contributed by atoms with Crippen LogP contribution in [0.2, 0.25) is 0 Å². The molecule has 1 amide bonds. The monoisotopic (exact) mass is 426 g/mol. The molecule has 4 nitrogen and oxygen atoms in total. The molecule has 0 unspecified atom stereocenters. The third-order valence-corrected chi connectivity index (χ3v) is 6.77. The van der Waals surface area contributed by atoms with Crippen LogP contribution in [0, 0.1) is 5.82 Å². The standard InChI is InChI=1S/C27H23FN2O2/c1-14(29)16-4-5-19(24(28)12-16)13-30-27(31)18-7-9-21-23(11-18)26-22-10-17(15-2-3-15)6-8-20(22)25(21)32-26/h4-12,15,25-26H,1-3,13,29H2,(H,30,31)/t25-,26+/m0/s1. The van der Waals surface area contributed by atoms with Gasteiger partial charge in [-0.25, -0.2) is 4.39 Å². The maximum absolute atomic E-state index is 14.3. The number of nitrogens with one attached hydrogen (secondary N) is 1. The summed E-state index contributed by atoms with van der Waals surface area (Å²) in [5.41, 5.74) is 13.4. The maximum atomic E-state index is 14.3. The summed E-state index contributed by atoms with van der Waals surface area (Å²) in [4.78, 5) is 12.8. The molecule has 3 aromatic carbocycles. The summed E-state index contributed by atoms with van der Waals surface area (Å²) < 4.78 is 20.6. The Labute approximate surface area is 185 Å². The van der Waals surface area contributed by atoms with Gasteiger partial charge in [-0.15, -0.1) is 0 Å². The van der Waals surface area contributed by atoms with Gasteiger partial charge in [-0.1, -0.05) is 43.0 Å². The quantitative estimate of drug-likeness (QED) is 0.598. The Kier molecular flexibility index (Phi) is 4.24. The van der Waals surface area contributed by atoms with E-state index in [1.54, 1.807) is 12.1 Å². The van der Waals surface area contributed by atoms with Gasteiger partial charge >= 0.3 is 0 Å². The summed E-state index contributed by atoms with van der Waals surface area (Å²) in [6, 6.07) is 17.1. The molecule has 0 radical (unpaired) electrons. The van der Waals surface area contributed by atoms with E-state index in [0.717, 1.165) is 11.1 Å². The molecule has 1 saturated carbocycles. The van der Waals surface area contributed by atoms with E-state index in [4.69, 9.17) is 10.5 Å². The van der Waals surface area contributed by atoms with Crippen LogP contribution >= 0.6 is 0 Å².